The van der Waals surface area contributed by atoms with Gasteiger partial charge in [0.25, 0.3) is 5.91 Å². The van der Waals surface area contributed by atoms with Crippen LogP contribution in [0.3, 0.4) is 0 Å². The lowest BCUT2D eigenvalue weighted by Gasteiger charge is -2.23. The van der Waals surface area contributed by atoms with Crippen LogP contribution in [-0.4, -0.2) is 47.2 Å². The van der Waals surface area contributed by atoms with Crippen LogP contribution in [0, 0.1) is 6.92 Å². The lowest BCUT2D eigenvalue weighted by atomic mass is 9.98. The van der Waals surface area contributed by atoms with Crippen molar-refractivity contribution in [3.05, 3.63) is 59.9 Å². The molecule has 25 heavy (non-hydrogen) atoms. The van der Waals surface area contributed by atoms with Crippen molar-refractivity contribution in [2.45, 2.75) is 31.5 Å². The molecule has 2 unspecified atom stereocenters. The van der Waals surface area contributed by atoms with Crippen LogP contribution in [0.25, 0.3) is 0 Å². The van der Waals surface area contributed by atoms with Gasteiger partial charge >= 0.3 is 0 Å². The number of amides is 1. The number of ether oxygens (including phenoxy) is 2. The average Bonchev–Trinajstić information content (AvgIpc) is 3.22. The molecular weight excluding hydrogens is 316 g/mol. The van der Waals surface area contributed by atoms with Gasteiger partial charge in [0.2, 0.25) is 0 Å². The number of likely N-dealkylation sites (tertiary alicyclic amines) is 1. The van der Waals surface area contributed by atoms with Crippen LogP contribution >= 0.6 is 0 Å². The summed E-state index contributed by atoms with van der Waals surface area (Å²) in [7, 11) is 0. The summed E-state index contributed by atoms with van der Waals surface area (Å²) in [6.07, 6.45) is 5.12. The topological polar surface area (TPSA) is 51.7 Å². The second-order valence-corrected chi connectivity index (χ2v) is 6.97. The first-order valence-corrected chi connectivity index (χ1v) is 8.70. The normalized spacial score (nSPS) is 25.5. The Morgan fingerprint density at radius 2 is 2.28 bits per heavy atom. The Balaban J connectivity index is 1.39. The van der Waals surface area contributed by atoms with E-state index in [4.69, 9.17) is 9.47 Å². The van der Waals surface area contributed by atoms with E-state index in [2.05, 4.69) is 4.98 Å². The van der Waals surface area contributed by atoms with E-state index in [1.54, 1.807) is 12.4 Å². The zero-order chi connectivity index (χ0) is 17.3. The summed E-state index contributed by atoms with van der Waals surface area (Å²) < 4.78 is 12.1. The van der Waals surface area contributed by atoms with Gasteiger partial charge in [-0.15, -0.1) is 0 Å². The van der Waals surface area contributed by atoms with Crippen molar-refractivity contribution in [3.8, 4) is 5.75 Å². The Kier molecular flexibility index (Phi) is 4.17. The molecular formula is C20H22N2O3. The quantitative estimate of drug-likeness (QED) is 0.863. The first kappa shape index (κ1) is 16.1. The molecule has 2 aliphatic rings. The van der Waals surface area contributed by atoms with Crippen molar-refractivity contribution in [2.75, 3.05) is 19.7 Å². The SMILES string of the molecule is Cc1cccc(C(=O)N2CCC3(CC(Oc4cccnc4)CO3)C2)c1. The van der Waals surface area contributed by atoms with Crippen molar-refractivity contribution in [2.24, 2.45) is 0 Å². The van der Waals surface area contributed by atoms with E-state index in [1.165, 1.54) is 0 Å². The minimum Gasteiger partial charge on any atom is -0.486 e. The molecule has 5 nitrogen and oxygen atoms in total. The van der Waals surface area contributed by atoms with E-state index >= 15 is 0 Å². The molecule has 5 heteroatoms. The monoisotopic (exact) mass is 338 g/mol. The first-order chi connectivity index (χ1) is 12.1. The summed E-state index contributed by atoms with van der Waals surface area (Å²) in [5.41, 5.74) is 1.58. The van der Waals surface area contributed by atoms with E-state index in [0.29, 0.717) is 13.2 Å². The van der Waals surface area contributed by atoms with Crippen molar-refractivity contribution in [3.63, 3.8) is 0 Å². The molecule has 1 amide bonds. The largest absolute Gasteiger partial charge is 0.486 e. The molecule has 0 saturated carbocycles. The van der Waals surface area contributed by atoms with Crippen molar-refractivity contribution in [1.29, 1.82) is 0 Å². The summed E-state index contributed by atoms with van der Waals surface area (Å²) in [4.78, 5) is 18.7. The van der Waals surface area contributed by atoms with Crippen LogP contribution in [0.1, 0.15) is 28.8 Å². The number of carbonyl (C=O) groups is 1. The number of hydrogen-bond donors (Lipinski definition) is 0. The molecule has 2 fully saturated rings. The number of nitrogens with zero attached hydrogens (tertiary/aromatic N) is 2. The van der Waals surface area contributed by atoms with E-state index in [1.807, 2.05) is 48.2 Å². The number of rotatable bonds is 3. The molecule has 4 rings (SSSR count). The third-order valence-corrected chi connectivity index (χ3v) is 4.98. The zero-order valence-electron chi connectivity index (χ0n) is 14.4. The van der Waals surface area contributed by atoms with Gasteiger partial charge in [-0.2, -0.15) is 0 Å². The predicted molar refractivity (Wildman–Crippen MR) is 93.7 cm³/mol. The van der Waals surface area contributed by atoms with Crippen molar-refractivity contribution >= 4 is 5.91 Å². The fourth-order valence-electron chi connectivity index (χ4n) is 3.75. The molecule has 1 spiro atoms. The smallest absolute Gasteiger partial charge is 0.253 e. The van der Waals surface area contributed by atoms with Gasteiger partial charge < -0.3 is 14.4 Å². The molecule has 3 heterocycles. The Bertz CT molecular complexity index is 765. The highest BCUT2D eigenvalue weighted by Gasteiger charge is 2.47. The second-order valence-electron chi connectivity index (χ2n) is 6.97. The first-order valence-electron chi connectivity index (χ1n) is 8.70. The number of carbonyl (C=O) groups excluding carboxylic acids is 1. The number of aromatic nitrogens is 1. The lowest BCUT2D eigenvalue weighted by molar-refractivity contribution is 0.00995. The number of pyridine rings is 1. The molecule has 2 aromatic rings. The molecule has 2 aliphatic heterocycles. The summed E-state index contributed by atoms with van der Waals surface area (Å²) in [5, 5.41) is 0. The van der Waals surface area contributed by atoms with Crippen LogP contribution < -0.4 is 4.74 Å². The highest BCUT2D eigenvalue weighted by molar-refractivity contribution is 5.94. The molecule has 0 radical (unpaired) electrons. The molecule has 2 atom stereocenters. The van der Waals surface area contributed by atoms with Gasteiger partial charge in [0.15, 0.2) is 0 Å². The Morgan fingerprint density at radius 1 is 1.36 bits per heavy atom. The van der Waals surface area contributed by atoms with Gasteiger partial charge in [-0.05, 0) is 37.6 Å². The standard InChI is InChI=1S/C20H22N2O3/c1-15-4-2-5-16(10-15)19(23)22-9-7-20(14-22)11-18(13-24-20)25-17-6-3-8-21-12-17/h2-6,8,10,12,18H,7,9,11,13-14H2,1H3. The summed E-state index contributed by atoms with van der Waals surface area (Å²) in [6.45, 7) is 3.92. The highest BCUT2D eigenvalue weighted by atomic mass is 16.6. The summed E-state index contributed by atoms with van der Waals surface area (Å²) in [5.74, 6) is 0.847. The van der Waals surface area contributed by atoms with E-state index < -0.39 is 0 Å². The zero-order valence-corrected chi connectivity index (χ0v) is 14.4. The molecule has 0 N–H and O–H groups in total. The van der Waals surface area contributed by atoms with Crippen LogP contribution in [-0.2, 0) is 4.74 Å². The van der Waals surface area contributed by atoms with Gasteiger partial charge in [0.05, 0.1) is 24.9 Å². The predicted octanol–water partition coefficient (Wildman–Crippen LogP) is 2.84. The molecule has 0 bridgehead atoms. The molecule has 1 aromatic carbocycles. The summed E-state index contributed by atoms with van der Waals surface area (Å²) >= 11 is 0. The van der Waals surface area contributed by atoms with Gasteiger partial charge in [0.1, 0.15) is 11.9 Å². The third kappa shape index (κ3) is 3.37. The van der Waals surface area contributed by atoms with E-state index in [0.717, 1.165) is 36.3 Å². The minimum absolute atomic E-state index is 0.0122. The number of aryl methyl sites for hydroxylation is 1. The fourth-order valence-corrected chi connectivity index (χ4v) is 3.75. The lowest BCUT2D eigenvalue weighted by Crippen LogP contribution is -2.36. The van der Waals surface area contributed by atoms with Gasteiger partial charge in [-0.25, -0.2) is 0 Å². The number of benzene rings is 1. The highest BCUT2D eigenvalue weighted by Crippen LogP contribution is 2.37. The summed E-state index contributed by atoms with van der Waals surface area (Å²) in [6, 6.07) is 11.5. The van der Waals surface area contributed by atoms with Gasteiger partial charge in [-0.3, -0.25) is 9.78 Å². The maximum atomic E-state index is 12.7. The van der Waals surface area contributed by atoms with Crippen LogP contribution in [0.4, 0.5) is 0 Å². The number of hydrogen-bond acceptors (Lipinski definition) is 4. The van der Waals surface area contributed by atoms with Crippen molar-refractivity contribution in [1.82, 2.24) is 9.88 Å². The Labute approximate surface area is 147 Å². The van der Waals surface area contributed by atoms with E-state index in [-0.39, 0.29) is 17.6 Å². The average molecular weight is 338 g/mol. The molecule has 2 saturated heterocycles. The third-order valence-electron chi connectivity index (χ3n) is 4.98. The maximum Gasteiger partial charge on any atom is 0.253 e. The fraction of sp³-hybridized carbons (Fsp3) is 0.400. The van der Waals surface area contributed by atoms with E-state index in [9.17, 15) is 4.79 Å². The van der Waals surface area contributed by atoms with Gasteiger partial charge in [0, 0.05) is 24.7 Å². The molecule has 1 aromatic heterocycles. The minimum atomic E-state index is -0.271. The molecule has 0 aliphatic carbocycles. The van der Waals surface area contributed by atoms with Gasteiger partial charge in [-0.1, -0.05) is 17.7 Å². The Hall–Kier alpha value is -2.40. The Morgan fingerprint density at radius 3 is 3.08 bits per heavy atom. The maximum absolute atomic E-state index is 12.7. The van der Waals surface area contributed by atoms with Crippen molar-refractivity contribution < 1.29 is 14.3 Å². The van der Waals surface area contributed by atoms with Crippen LogP contribution in [0.2, 0.25) is 0 Å². The second kappa shape index (κ2) is 6.48. The van der Waals surface area contributed by atoms with Crippen LogP contribution in [0.5, 0.6) is 5.75 Å². The molecule has 130 valence electrons. The van der Waals surface area contributed by atoms with Crippen LogP contribution in [0.15, 0.2) is 48.8 Å².